The Bertz CT molecular complexity index is 1370. The van der Waals surface area contributed by atoms with Gasteiger partial charge in [-0.25, -0.2) is 13.1 Å². The minimum Gasteiger partial charge on any atom is -0.505 e. The zero-order valence-electron chi connectivity index (χ0n) is 19.7. The third kappa shape index (κ3) is 5.51. The molecule has 0 amide bonds. The molecule has 2 aromatic heterocycles. The Kier molecular flexibility index (Phi) is 7.02. The molecule has 34 heavy (non-hydrogen) atoms. The van der Waals surface area contributed by atoms with Crippen molar-refractivity contribution in [1.82, 2.24) is 20.0 Å². The molecule has 0 aliphatic carbocycles. The van der Waals surface area contributed by atoms with Gasteiger partial charge in [0.1, 0.15) is 9.90 Å². The van der Waals surface area contributed by atoms with E-state index in [9.17, 15) is 13.5 Å². The summed E-state index contributed by atoms with van der Waals surface area (Å²) in [6.45, 7) is 11.8. The van der Waals surface area contributed by atoms with E-state index in [0.29, 0.717) is 10.8 Å². The number of phenols is 1. The van der Waals surface area contributed by atoms with E-state index in [2.05, 4.69) is 30.2 Å². The molecular formula is C20H25Cl2N7O3S2. The zero-order valence-corrected chi connectivity index (χ0v) is 22.8. The molecule has 0 unspecified atom stereocenters. The number of nitrogens with one attached hydrogen (secondary N) is 1. The number of halogens is 2. The number of sulfonamides is 1. The average molecular weight is 547 g/mol. The Morgan fingerprint density at radius 3 is 2.26 bits per heavy atom. The lowest BCUT2D eigenvalue weighted by molar-refractivity contribution is 0.459. The van der Waals surface area contributed by atoms with Gasteiger partial charge in [0.25, 0.3) is 15.2 Å². The van der Waals surface area contributed by atoms with Crippen molar-refractivity contribution in [3.05, 3.63) is 32.9 Å². The van der Waals surface area contributed by atoms with Gasteiger partial charge in [-0.15, -0.1) is 20.4 Å². The van der Waals surface area contributed by atoms with Crippen molar-refractivity contribution in [3.8, 4) is 5.75 Å². The largest absolute Gasteiger partial charge is 0.505 e. The average Bonchev–Trinajstić information content (AvgIpc) is 3.28. The van der Waals surface area contributed by atoms with Crippen LogP contribution < -0.4 is 4.72 Å². The summed E-state index contributed by atoms with van der Waals surface area (Å²) in [5.41, 5.74) is 0.0239. The van der Waals surface area contributed by atoms with Gasteiger partial charge in [0.05, 0.1) is 10.7 Å². The highest BCUT2D eigenvalue weighted by Gasteiger charge is 2.30. The van der Waals surface area contributed by atoms with E-state index in [1.807, 2.05) is 41.5 Å². The first-order valence-corrected chi connectivity index (χ1v) is 13.1. The molecule has 2 heterocycles. The highest BCUT2D eigenvalue weighted by atomic mass is 35.5. The van der Waals surface area contributed by atoms with E-state index >= 15 is 0 Å². The first-order valence-electron chi connectivity index (χ1n) is 10.0. The summed E-state index contributed by atoms with van der Waals surface area (Å²) < 4.78 is 30.1. The van der Waals surface area contributed by atoms with Crippen molar-refractivity contribution in [3.63, 3.8) is 0 Å². The molecular weight excluding hydrogens is 521 g/mol. The van der Waals surface area contributed by atoms with Crippen LogP contribution in [-0.2, 0) is 27.9 Å². The Hall–Kier alpha value is -2.28. The van der Waals surface area contributed by atoms with E-state index in [-0.39, 0.29) is 27.0 Å². The highest BCUT2D eigenvalue weighted by molar-refractivity contribution is 7.92. The summed E-state index contributed by atoms with van der Waals surface area (Å²) in [4.78, 5) is -0.481. The fourth-order valence-corrected chi connectivity index (χ4v) is 5.39. The van der Waals surface area contributed by atoms with Crippen LogP contribution in [0, 0.1) is 0 Å². The molecule has 0 aliphatic rings. The van der Waals surface area contributed by atoms with Gasteiger partial charge in [0, 0.05) is 22.9 Å². The van der Waals surface area contributed by atoms with Crippen LogP contribution in [-0.4, -0.2) is 33.5 Å². The van der Waals surface area contributed by atoms with E-state index in [1.54, 1.807) is 7.05 Å². The minimum absolute atomic E-state index is 0.0460. The third-order valence-corrected chi connectivity index (χ3v) is 7.63. The van der Waals surface area contributed by atoms with Crippen molar-refractivity contribution in [2.24, 2.45) is 17.3 Å². The van der Waals surface area contributed by atoms with Crippen molar-refractivity contribution >= 4 is 61.2 Å². The maximum absolute atomic E-state index is 13.2. The van der Waals surface area contributed by atoms with Gasteiger partial charge in [0.15, 0.2) is 17.3 Å². The number of benzene rings is 1. The van der Waals surface area contributed by atoms with E-state index in [1.165, 1.54) is 22.1 Å². The predicted molar refractivity (Wildman–Crippen MR) is 134 cm³/mol. The molecule has 184 valence electrons. The van der Waals surface area contributed by atoms with Gasteiger partial charge in [-0.3, -0.25) is 4.72 Å². The number of aromatic nitrogens is 4. The number of anilines is 1. The second kappa shape index (κ2) is 9.06. The van der Waals surface area contributed by atoms with Gasteiger partial charge in [0.2, 0.25) is 0 Å². The van der Waals surface area contributed by atoms with Crippen molar-refractivity contribution in [2.45, 2.75) is 57.3 Å². The van der Waals surface area contributed by atoms with Crippen LogP contribution in [0.4, 0.5) is 16.6 Å². The lowest BCUT2D eigenvalue weighted by Crippen LogP contribution is -2.16. The van der Waals surface area contributed by atoms with Crippen LogP contribution in [0.15, 0.2) is 27.3 Å². The van der Waals surface area contributed by atoms with Crippen LogP contribution in [0.5, 0.6) is 5.75 Å². The van der Waals surface area contributed by atoms with Crippen LogP contribution in [0.3, 0.4) is 0 Å². The summed E-state index contributed by atoms with van der Waals surface area (Å²) in [7, 11) is -2.75. The van der Waals surface area contributed by atoms with Crippen molar-refractivity contribution in [2.75, 3.05) is 4.72 Å². The summed E-state index contributed by atoms with van der Waals surface area (Å²) in [6, 6.07) is 2.34. The number of hydrogen-bond donors (Lipinski definition) is 2. The molecule has 2 N–H and O–H groups in total. The number of rotatable bonds is 5. The van der Waals surface area contributed by atoms with Crippen molar-refractivity contribution in [1.29, 1.82) is 0 Å². The topological polar surface area (TPSA) is 135 Å². The Labute approximate surface area is 212 Å². The second-order valence-electron chi connectivity index (χ2n) is 9.60. The number of azo groups is 1. The molecule has 1 aromatic carbocycles. The van der Waals surface area contributed by atoms with Gasteiger partial charge in [-0.05, 0) is 12.1 Å². The van der Waals surface area contributed by atoms with Crippen molar-refractivity contribution < 1.29 is 13.5 Å². The molecule has 0 aliphatic heterocycles. The van der Waals surface area contributed by atoms with Gasteiger partial charge in [-0.1, -0.05) is 76.1 Å². The molecule has 0 saturated carbocycles. The molecule has 0 saturated heterocycles. The van der Waals surface area contributed by atoms with E-state index in [4.69, 9.17) is 23.2 Å². The van der Waals surface area contributed by atoms with Crippen LogP contribution in [0.2, 0.25) is 10.0 Å². The number of phenolic OH excluding ortho intramolecular Hbond substituents is 1. The molecule has 10 nitrogen and oxygen atoms in total. The summed E-state index contributed by atoms with van der Waals surface area (Å²) in [6.07, 6.45) is 0. The summed E-state index contributed by atoms with van der Waals surface area (Å²) in [5.74, 6) is -0.576. The first kappa shape index (κ1) is 26.3. The standard InChI is InChI=1S/C20H25Cl2N7O3S2/c1-19(2,3)15-13(23-25-18-26-24-17(33-18)20(4,5)6)16(29(7)27-15)28-34(31,32)12-9-10(21)8-11(22)14(12)30/h8-9,28,30H,1-7H3. The first-order chi connectivity index (χ1) is 15.5. The number of nitrogens with zero attached hydrogens (tertiary/aromatic N) is 6. The molecule has 0 fully saturated rings. The molecule has 0 bridgehead atoms. The monoisotopic (exact) mass is 545 g/mol. The maximum Gasteiger partial charge on any atom is 0.266 e. The Balaban J connectivity index is 2.10. The number of hydrogen-bond acceptors (Lipinski definition) is 9. The van der Waals surface area contributed by atoms with Gasteiger partial charge in [-0.2, -0.15) is 5.10 Å². The minimum atomic E-state index is -4.32. The Morgan fingerprint density at radius 2 is 1.71 bits per heavy atom. The second-order valence-corrected chi connectivity index (χ2v) is 13.0. The molecule has 0 atom stereocenters. The SMILES string of the molecule is Cn1nc(C(C)(C)C)c(N=Nc2nnc(C(C)(C)C)s2)c1NS(=O)(=O)c1cc(Cl)cc(Cl)c1O. The van der Waals surface area contributed by atoms with Crippen LogP contribution >= 0.6 is 34.5 Å². The molecule has 0 radical (unpaired) electrons. The van der Waals surface area contributed by atoms with Crippen LogP contribution in [0.1, 0.15) is 52.2 Å². The fraction of sp³-hybridized carbons (Fsp3) is 0.450. The van der Waals surface area contributed by atoms with E-state index in [0.717, 1.165) is 11.1 Å². The lowest BCUT2D eigenvalue weighted by atomic mass is 9.91. The smallest absolute Gasteiger partial charge is 0.266 e. The number of aryl methyl sites for hydroxylation is 1. The summed E-state index contributed by atoms with van der Waals surface area (Å²) >= 11 is 13.2. The molecule has 0 spiro atoms. The summed E-state index contributed by atoms with van der Waals surface area (Å²) in [5, 5.41) is 32.4. The lowest BCUT2D eigenvalue weighted by Gasteiger charge is -2.15. The molecule has 3 aromatic rings. The van der Waals surface area contributed by atoms with Gasteiger partial charge >= 0.3 is 0 Å². The fourth-order valence-electron chi connectivity index (χ4n) is 2.81. The maximum atomic E-state index is 13.2. The predicted octanol–water partition coefficient (Wildman–Crippen LogP) is 6.10. The quantitative estimate of drug-likeness (QED) is 0.372. The Morgan fingerprint density at radius 1 is 1.06 bits per heavy atom. The zero-order chi connectivity index (χ0) is 25.6. The molecule has 14 heteroatoms. The molecule has 3 rings (SSSR count). The normalized spacial score (nSPS) is 13.1. The third-order valence-electron chi connectivity index (χ3n) is 4.54. The van der Waals surface area contributed by atoms with E-state index < -0.39 is 26.1 Å². The highest BCUT2D eigenvalue weighted by Crippen LogP contribution is 2.41. The number of aromatic hydroxyl groups is 1. The van der Waals surface area contributed by atoms with Crippen LogP contribution in [0.25, 0.3) is 0 Å². The van der Waals surface area contributed by atoms with Gasteiger partial charge < -0.3 is 5.11 Å².